The zero-order valence-corrected chi connectivity index (χ0v) is 16.2. The minimum atomic E-state index is -0.908. The summed E-state index contributed by atoms with van der Waals surface area (Å²) in [5, 5.41) is 16.2. The van der Waals surface area contributed by atoms with E-state index in [-0.39, 0.29) is 0 Å². The summed E-state index contributed by atoms with van der Waals surface area (Å²) < 4.78 is 11.5. The van der Waals surface area contributed by atoms with Gasteiger partial charge in [0.25, 0.3) is 0 Å². The topological polar surface area (TPSA) is 97.3 Å². The van der Waals surface area contributed by atoms with Crippen LogP contribution in [0.15, 0.2) is 30.6 Å². The molecule has 0 atom stereocenters. The van der Waals surface area contributed by atoms with E-state index in [2.05, 4.69) is 15.2 Å². The second kappa shape index (κ2) is 10.2. The quantitative estimate of drug-likeness (QED) is 0.529. The van der Waals surface area contributed by atoms with Gasteiger partial charge in [-0.1, -0.05) is 19.3 Å². The Kier molecular flexibility index (Phi) is 7.42. The molecule has 0 bridgehead atoms. The van der Waals surface area contributed by atoms with Crippen molar-refractivity contribution >= 4 is 5.97 Å². The monoisotopic (exact) mass is 387 g/mol. The second-order valence-corrected chi connectivity index (χ2v) is 7.32. The molecular formula is C21H29N3O4. The number of nitrogens with one attached hydrogen (secondary N) is 1. The maximum atomic E-state index is 11.4. The smallest absolute Gasteiger partial charge is 0.335 e. The van der Waals surface area contributed by atoms with Crippen LogP contribution in [0.2, 0.25) is 0 Å². The Morgan fingerprint density at radius 3 is 2.46 bits per heavy atom. The van der Waals surface area contributed by atoms with Crippen molar-refractivity contribution < 1.29 is 19.4 Å². The molecule has 1 saturated carbocycles. The molecule has 0 unspecified atom stereocenters. The van der Waals surface area contributed by atoms with E-state index in [1.165, 1.54) is 0 Å². The van der Waals surface area contributed by atoms with Gasteiger partial charge in [-0.2, -0.15) is 5.10 Å². The summed E-state index contributed by atoms with van der Waals surface area (Å²) in [7, 11) is 0. The van der Waals surface area contributed by atoms with Crippen molar-refractivity contribution in [3.05, 3.63) is 30.6 Å². The number of aliphatic carboxylic acids is 1. The molecule has 7 heteroatoms. The third-order valence-corrected chi connectivity index (χ3v) is 5.25. The van der Waals surface area contributed by atoms with Crippen LogP contribution in [0.1, 0.15) is 57.8 Å². The van der Waals surface area contributed by atoms with Crippen molar-refractivity contribution in [3.8, 4) is 17.1 Å². The number of nitrogens with zero attached hydrogens (tertiary/aromatic N) is 2. The molecule has 2 heterocycles. The predicted octanol–water partition coefficient (Wildman–Crippen LogP) is 4.22. The van der Waals surface area contributed by atoms with Crippen molar-refractivity contribution in [2.45, 2.75) is 63.4 Å². The molecule has 0 saturated heterocycles. The van der Waals surface area contributed by atoms with Crippen LogP contribution in [-0.4, -0.2) is 45.1 Å². The lowest BCUT2D eigenvalue weighted by atomic mass is 10.0. The first kappa shape index (κ1) is 20.3. The maximum Gasteiger partial charge on any atom is 0.335 e. The molecule has 2 N–H and O–H groups in total. The summed E-state index contributed by atoms with van der Waals surface area (Å²) in [6.45, 7) is 1.21. The van der Waals surface area contributed by atoms with Crippen LogP contribution < -0.4 is 4.74 Å². The highest BCUT2D eigenvalue weighted by Gasteiger charge is 2.42. The average Bonchev–Trinajstić information content (AvgIpc) is 3.40. The van der Waals surface area contributed by atoms with Crippen molar-refractivity contribution in [3.63, 3.8) is 0 Å². The molecule has 0 radical (unpaired) electrons. The standard InChI is InChI=1S/C21H29N3O4/c25-20(26)21(11-4-5-12-21)28-15-7-3-1-2-6-14-27-17-8-9-18(22-16-17)19-10-13-23-24-19/h8-10,13,16H,1-7,11-12,14-15H2,(H,23,24)(H,25,26). The van der Waals surface area contributed by atoms with E-state index >= 15 is 0 Å². The fraction of sp³-hybridized carbons (Fsp3) is 0.571. The Hall–Kier alpha value is -2.41. The number of ether oxygens (including phenoxy) is 2. The Balaban J connectivity index is 1.22. The van der Waals surface area contributed by atoms with Gasteiger partial charge in [0.2, 0.25) is 0 Å². The van der Waals surface area contributed by atoms with Gasteiger partial charge in [-0.05, 0) is 56.7 Å². The highest BCUT2D eigenvalue weighted by atomic mass is 16.5. The number of hydrogen-bond donors (Lipinski definition) is 2. The first-order valence-corrected chi connectivity index (χ1v) is 10.2. The Bertz CT molecular complexity index is 710. The zero-order valence-electron chi connectivity index (χ0n) is 16.2. The third-order valence-electron chi connectivity index (χ3n) is 5.25. The van der Waals surface area contributed by atoms with Gasteiger partial charge in [-0.15, -0.1) is 0 Å². The van der Waals surface area contributed by atoms with E-state index in [1.54, 1.807) is 12.4 Å². The van der Waals surface area contributed by atoms with Gasteiger partial charge in [-0.25, -0.2) is 4.79 Å². The second-order valence-electron chi connectivity index (χ2n) is 7.32. The molecule has 1 fully saturated rings. The van der Waals surface area contributed by atoms with Gasteiger partial charge >= 0.3 is 5.97 Å². The maximum absolute atomic E-state index is 11.4. The Morgan fingerprint density at radius 2 is 1.82 bits per heavy atom. The van der Waals surface area contributed by atoms with Crippen LogP contribution in [0.25, 0.3) is 11.4 Å². The third kappa shape index (κ3) is 5.55. The minimum absolute atomic E-state index is 0.539. The minimum Gasteiger partial charge on any atom is -0.492 e. The molecule has 0 aliphatic heterocycles. The van der Waals surface area contributed by atoms with Crippen molar-refractivity contribution in [2.75, 3.05) is 13.2 Å². The summed E-state index contributed by atoms with van der Waals surface area (Å²) in [5.74, 6) is -0.0265. The lowest BCUT2D eigenvalue weighted by Gasteiger charge is -2.24. The highest BCUT2D eigenvalue weighted by molar-refractivity contribution is 5.77. The Morgan fingerprint density at radius 1 is 1.07 bits per heavy atom. The summed E-state index contributed by atoms with van der Waals surface area (Å²) in [5.41, 5.74) is 0.821. The van der Waals surface area contributed by atoms with Crippen molar-refractivity contribution in [1.29, 1.82) is 0 Å². The number of carboxylic acid groups (broad SMARTS) is 1. The van der Waals surface area contributed by atoms with Gasteiger partial charge in [-0.3, -0.25) is 10.1 Å². The molecule has 28 heavy (non-hydrogen) atoms. The SMILES string of the molecule is O=C(O)C1(OCCCCCCCOc2ccc(-c3ccn[nH]3)nc2)CCCC1. The number of carbonyl (C=O) groups is 1. The van der Waals surface area contributed by atoms with Gasteiger partial charge in [0.05, 0.1) is 24.2 Å². The molecule has 2 aromatic rings. The fourth-order valence-corrected chi connectivity index (χ4v) is 3.58. The number of pyridine rings is 1. The largest absolute Gasteiger partial charge is 0.492 e. The molecule has 0 spiro atoms. The van der Waals surface area contributed by atoms with E-state index in [4.69, 9.17) is 9.47 Å². The first-order valence-electron chi connectivity index (χ1n) is 10.2. The van der Waals surface area contributed by atoms with Crippen molar-refractivity contribution in [2.24, 2.45) is 0 Å². The Labute approximate surface area is 165 Å². The number of aromatic nitrogens is 3. The molecule has 7 nitrogen and oxygen atoms in total. The zero-order chi connectivity index (χ0) is 19.7. The number of rotatable bonds is 12. The molecule has 2 aromatic heterocycles. The van der Waals surface area contributed by atoms with E-state index in [9.17, 15) is 9.90 Å². The normalized spacial score (nSPS) is 15.6. The summed E-state index contributed by atoms with van der Waals surface area (Å²) in [6, 6.07) is 5.71. The van der Waals surface area contributed by atoms with Gasteiger partial charge in [0, 0.05) is 12.8 Å². The van der Waals surface area contributed by atoms with Crippen LogP contribution in [-0.2, 0) is 9.53 Å². The molecule has 1 aliphatic rings. The summed E-state index contributed by atoms with van der Waals surface area (Å²) in [4.78, 5) is 15.8. The van der Waals surface area contributed by atoms with Crippen LogP contribution in [0.3, 0.4) is 0 Å². The summed E-state index contributed by atoms with van der Waals surface area (Å²) >= 11 is 0. The van der Waals surface area contributed by atoms with E-state index in [1.807, 2.05) is 18.2 Å². The average molecular weight is 387 g/mol. The van der Waals surface area contributed by atoms with E-state index in [0.717, 1.165) is 62.1 Å². The van der Waals surface area contributed by atoms with Gasteiger partial charge in [0.1, 0.15) is 5.75 Å². The molecule has 152 valence electrons. The van der Waals surface area contributed by atoms with Crippen LogP contribution in [0.4, 0.5) is 0 Å². The van der Waals surface area contributed by atoms with Crippen molar-refractivity contribution in [1.82, 2.24) is 15.2 Å². The lowest BCUT2D eigenvalue weighted by molar-refractivity contribution is -0.165. The molecule has 3 rings (SSSR count). The van der Waals surface area contributed by atoms with Crippen LogP contribution in [0.5, 0.6) is 5.75 Å². The fourth-order valence-electron chi connectivity index (χ4n) is 3.58. The number of hydrogen-bond acceptors (Lipinski definition) is 5. The van der Waals surface area contributed by atoms with Gasteiger partial charge in [0.15, 0.2) is 5.60 Å². The van der Waals surface area contributed by atoms with Gasteiger partial charge < -0.3 is 14.6 Å². The molecule has 0 aromatic carbocycles. The predicted molar refractivity (Wildman–Crippen MR) is 105 cm³/mol. The highest BCUT2D eigenvalue weighted by Crippen LogP contribution is 2.33. The number of aromatic amines is 1. The van der Waals surface area contributed by atoms with Crippen LogP contribution in [0, 0.1) is 0 Å². The molecular weight excluding hydrogens is 358 g/mol. The number of carboxylic acids is 1. The number of H-pyrrole nitrogens is 1. The first-order chi connectivity index (χ1) is 13.7. The van der Waals surface area contributed by atoms with E-state index in [0.29, 0.717) is 26.1 Å². The molecule has 1 aliphatic carbocycles. The molecule has 0 amide bonds. The number of unbranched alkanes of at least 4 members (excludes halogenated alkanes) is 4. The van der Waals surface area contributed by atoms with E-state index < -0.39 is 11.6 Å². The summed E-state index contributed by atoms with van der Waals surface area (Å²) in [6.07, 6.45) is 11.8. The van der Waals surface area contributed by atoms with Crippen LogP contribution >= 0.6 is 0 Å². The lowest BCUT2D eigenvalue weighted by Crippen LogP contribution is -2.38.